The lowest BCUT2D eigenvalue weighted by Gasteiger charge is -2.23. The molecule has 4 heteroatoms. The second-order valence-corrected chi connectivity index (χ2v) is 4.82. The van der Waals surface area contributed by atoms with E-state index in [1.807, 2.05) is 19.1 Å². The molecule has 2 unspecified atom stereocenters. The minimum Gasteiger partial charge on any atom is -0.481 e. The summed E-state index contributed by atoms with van der Waals surface area (Å²) in [7, 11) is 0. The fourth-order valence-corrected chi connectivity index (χ4v) is 1.93. The van der Waals surface area contributed by atoms with E-state index in [1.165, 1.54) is 6.07 Å². The fraction of sp³-hybridized carbons (Fsp3) is 0.200. The third-order valence-corrected chi connectivity index (χ3v) is 3.02. The standard InChI is InChI=1S/C15H15ClFNO/c1-10(18)15(11-6-8-12(16)9-7-11)19-14-5-3-2-4-13(14)17/h2-10,15H,18H2,1H3. The molecule has 0 aliphatic carbocycles. The van der Waals surface area contributed by atoms with Crippen molar-refractivity contribution in [2.45, 2.75) is 19.1 Å². The van der Waals surface area contributed by atoms with Crippen LogP contribution in [-0.2, 0) is 0 Å². The first kappa shape index (κ1) is 13.8. The number of hydrogen-bond acceptors (Lipinski definition) is 2. The molecular formula is C15H15ClFNO. The Hall–Kier alpha value is -1.58. The van der Waals surface area contributed by atoms with E-state index >= 15 is 0 Å². The average Bonchev–Trinajstić information content (AvgIpc) is 2.39. The van der Waals surface area contributed by atoms with Crippen molar-refractivity contribution in [2.75, 3.05) is 0 Å². The van der Waals surface area contributed by atoms with Crippen molar-refractivity contribution in [1.29, 1.82) is 0 Å². The van der Waals surface area contributed by atoms with Crippen LogP contribution >= 0.6 is 11.6 Å². The van der Waals surface area contributed by atoms with Gasteiger partial charge >= 0.3 is 0 Å². The number of rotatable bonds is 4. The van der Waals surface area contributed by atoms with E-state index in [-0.39, 0.29) is 11.8 Å². The lowest BCUT2D eigenvalue weighted by atomic mass is 10.0. The maximum Gasteiger partial charge on any atom is 0.165 e. The fourth-order valence-electron chi connectivity index (χ4n) is 1.81. The molecule has 0 spiro atoms. The number of hydrogen-bond donors (Lipinski definition) is 1. The summed E-state index contributed by atoms with van der Waals surface area (Å²) in [5, 5.41) is 0.637. The molecule has 0 amide bonds. The Bertz CT molecular complexity index is 542. The maximum atomic E-state index is 13.6. The summed E-state index contributed by atoms with van der Waals surface area (Å²) in [5.74, 6) is -0.207. The van der Waals surface area contributed by atoms with Crippen molar-refractivity contribution in [3.05, 3.63) is 64.9 Å². The molecule has 0 heterocycles. The summed E-state index contributed by atoms with van der Waals surface area (Å²) >= 11 is 5.85. The van der Waals surface area contributed by atoms with Gasteiger partial charge in [-0.2, -0.15) is 0 Å². The Morgan fingerprint density at radius 1 is 1.11 bits per heavy atom. The van der Waals surface area contributed by atoms with Crippen LogP contribution in [-0.4, -0.2) is 6.04 Å². The number of ether oxygens (including phenoxy) is 1. The van der Waals surface area contributed by atoms with Gasteiger partial charge in [-0.15, -0.1) is 0 Å². The third kappa shape index (κ3) is 3.46. The van der Waals surface area contributed by atoms with Gasteiger partial charge < -0.3 is 10.5 Å². The minimum absolute atomic E-state index is 0.194. The maximum absolute atomic E-state index is 13.6. The van der Waals surface area contributed by atoms with Gasteiger partial charge in [-0.3, -0.25) is 0 Å². The van der Waals surface area contributed by atoms with E-state index < -0.39 is 11.9 Å². The number of halogens is 2. The molecular weight excluding hydrogens is 265 g/mol. The summed E-state index contributed by atoms with van der Waals surface area (Å²) in [5.41, 5.74) is 6.79. The smallest absolute Gasteiger partial charge is 0.165 e. The van der Waals surface area contributed by atoms with Gasteiger partial charge in [0.05, 0.1) is 0 Å². The lowest BCUT2D eigenvalue weighted by Crippen LogP contribution is -2.29. The van der Waals surface area contributed by atoms with E-state index in [0.717, 1.165) is 5.56 Å². The molecule has 0 bridgehead atoms. The Morgan fingerprint density at radius 3 is 2.32 bits per heavy atom. The Morgan fingerprint density at radius 2 is 1.74 bits per heavy atom. The summed E-state index contributed by atoms with van der Waals surface area (Å²) < 4.78 is 19.3. The molecule has 0 fully saturated rings. The van der Waals surface area contributed by atoms with Crippen molar-refractivity contribution < 1.29 is 9.13 Å². The van der Waals surface area contributed by atoms with Gasteiger partial charge in [0, 0.05) is 11.1 Å². The largest absolute Gasteiger partial charge is 0.481 e. The van der Waals surface area contributed by atoms with Crippen LogP contribution in [0.2, 0.25) is 5.02 Å². The van der Waals surface area contributed by atoms with Crippen molar-refractivity contribution in [3.63, 3.8) is 0 Å². The van der Waals surface area contributed by atoms with E-state index in [4.69, 9.17) is 22.1 Å². The van der Waals surface area contributed by atoms with Crippen LogP contribution in [0.5, 0.6) is 5.75 Å². The molecule has 0 radical (unpaired) electrons. The number of para-hydroxylation sites is 1. The van der Waals surface area contributed by atoms with Crippen LogP contribution in [0.3, 0.4) is 0 Å². The molecule has 2 aromatic rings. The highest BCUT2D eigenvalue weighted by Gasteiger charge is 2.19. The average molecular weight is 280 g/mol. The predicted octanol–water partition coefficient (Wildman–Crippen LogP) is 3.95. The zero-order valence-corrected chi connectivity index (χ0v) is 11.3. The summed E-state index contributed by atoms with van der Waals surface area (Å²) in [6.45, 7) is 1.82. The number of nitrogens with two attached hydrogens (primary N) is 1. The van der Waals surface area contributed by atoms with Gasteiger partial charge in [0.1, 0.15) is 6.10 Å². The van der Waals surface area contributed by atoms with E-state index in [0.29, 0.717) is 5.02 Å². The molecule has 2 N–H and O–H groups in total. The van der Waals surface area contributed by atoms with Gasteiger partial charge in [0.2, 0.25) is 0 Å². The molecule has 0 aromatic heterocycles. The highest BCUT2D eigenvalue weighted by Crippen LogP contribution is 2.27. The molecule has 19 heavy (non-hydrogen) atoms. The Labute approximate surface area is 117 Å². The van der Waals surface area contributed by atoms with Crippen LogP contribution < -0.4 is 10.5 Å². The predicted molar refractivity (Wildman–Crippen MR) is 74.9 cm³/mol. The lowest BCUT2D eigenvalue weighted by molar-refractivity contribution is 0.172. The van der Waals surface area contributed by atoms with Crippen LogP contribution in [0, 0.1) is 5.82 Å². The zero-order valence-electron chi connectivity index (χ0n) is 10.5. The first-order valence-electron chi connectivity index (χ1n) is 6.00. The Balaban J connectivity index is 2.26. The van der Waals surface area contributed by atoms with Gasteiger partial charge in [0.25, 0.3) is 0 Å². The summed E-state index contributed by atoms with van der Waals surface area (Å²) in [6.07, 6.45) is -0.422. The second-order valence-electron chi connectivity index (χ2n) is 4.38. The van der Waals surface area contributed by atoms with Crippen LogP contribution in [0.1, 0.15) is 18.6 Å². The van der Waals surface area contributed by atoms with Crippen LogP contribution in [0.15, 0.2) is 48.5 Å². The van der Waals surface area contributed by atoms with Crippen molar-refractivity contribution in [3.8, 4) is 5.75 Å². The second kappa shape index (κ2) is 6.04. The van der Waals surface area contributed by atoms with Gasteiger partial charge in [0.15, 0.2) is 11.6 Å². The van der Waals surface area contributed by atoms with E-state index in [1.54, 1.807) is 30.3 Å². The van der Waals surface area contributed by atoms with Gasteiger partial charge in [-0.05, 0) is 36.8 Å². The molecule has 100 valence electrons. The minimum atomic E-state index is -0.422. The normalized spacial score (nSPS) is 13.9. The number of benzene rings is 2. The quantitative estimate of drug-likeness (QED) is 0.920. The van der Waals surface area contributed by atoms with Gasteiger partial charge in [-0.25, -0.2) is 4.39 Å². The summed E-state index contributed by atoms with van der Waals surface area (Å²) in [6, 6.07) is 13.2. The van der Waals surface area contributed by atoms with Gasteiger partial charge in [-0.1, -0.05) is 35.9 Å². The molecule has 2 atom stereocenters. The topological polar surface area (TPSA) is 35.2 Å². The van der Waals surface area contributed by atoms with Crippen molar-refractivity contribution in [2.24, 2.45) is 5.73 Å². The highest BCUT2D eigenvalue weighted by molar-refractivity contribution is 6.30. The zero-order chi connectivity index (χ0) is 13.8. The van der Waals surface area contributed by atoms with Crippen LogP contribution in [0.4, 0.5) is 4.39 Å². The monoisotopic (exact) mass is 279 g/mol. The molecule has 0 saturated carbocycles. The molecule has 2 aromatic carbocycles. The first-order valence-corrected chi connectivity index (χ1v) is 6.38. The van der Waals surface area contributed by atoms with Crippen molar-refractivity contribution in [1.82, 2.24) is 0 Å². The molecule has 2 nitrogen and oxygen atoms in total. The molecule has 0 aliphatic rings. The van der Waals surface area contributed by atoms with Crippen molar-refractivity contribution >= 4 is 11.6 Å². The van der Waals surface area contributed by atoms with E-state index in [2.05, 4.69) is 0 Å². The molecule has 2 rings (SSSR count). The Kier molecular flexibility index (Phi) is 4.40. The van der Waals surface area contributed by atoms with E-state index in [9.17, 15) is 4.39 Å². The molecule has 0 aliphatic heterocycles. The highest BCUT2D eigenvalue weighted by atomic mass is 35.5. The molecule has 0 saturated heterocycles. The van der Waals surface area contributed by atoms with Crippen LogP contribution in [0.25, 0.3) is 0 Å². The SMILES string of the molecule is CC(N)C(Oc1ccccc1F)c1ccc(Cl)cc1. The summed E-state index contributed by atoms with van der Waals surface area (Å²) in [4.78, 5) is 0. The first-order chi connectivity index (χ1) is 9.08. The third-order valence-electron chi connectivity index (χ3n) is 2.77.